The summed E-state index contributed by atoms with van der Waals surface area (Å²) >= 11 is 0. The van der Waals surface area contributed by atoms with E-state index in [0.29, 0.717) is 5.76 Å². The van der Waals surface area contributed by atoms with Crippen LogP contribution in [-0.4, -0.2) is 30.6 Å². The zero-order valence-corrected chi connectivity index (χ0v) is 13.8. The van der Waals surface area contributed by atoms with Gasteiger partial charge in [-0.2, -0.15) is 0 Å². The van der Waals surface area contributed by atoms with E-state index >= 15 is 0 Å². The Bertz CT molecular complexity index is 676. The van der Waals surface area contributed by atoms with E-state index in [1.54, 1.807) is 32.4 Å². The molecule has 130 valence electrons. The summed E-state index contributed by atoms with van der Waals surface area (Å²) in [6, 6.07) is 5.71. The van der Waals surface area contributed by atoms with E-state index in [0.717, 1.165) is 12.1 Å². The Morgan fingerprint density at radius 2 is 2.08 bits per heavy atom. The lowest BCUT2D eigenvalue weighted by atomic mass is 10.2. The van der Waals surface area contributed by atoms with Crippen LogP contribution in [0.2, 0.25) is 0 Å². The molecule has 1 heterocycles. The van der Waals surface area contributed by atoms with Crippen LogP contribution in [0.15, 0.2) is 41.0 Å². The maximum absolute atomic E-state index is 13.5. The quantitative estimate of drug-likeness (QED) is 0.873. The van der Waals surface area contributed by atoms with Crippen LogP contribution in [0.25, 0.3) is 0 Å². The first-order valence-corrected chi connectivity index (χ1v) is 7.53. The first-order valence-electron chi connectivity index (χ1n) is 7.53. The fourth-order valence-corrected chi connectivity index (χ4v) is 2.06. The molecule has 2 atom stereocenters. The van der Waals surface area contributed by atoms with Gasteiger partial charge < -0.3 is 19.4 Å². The van der Waals surface area contributed by atoms with Crippen LogP contribution in [0.5, 0.6) is 5.75 Å². The third kappa shape index (κ3) is 4.47. The number of halogens is 2. The minimum absolute atomic E-state index is 0.0528. The third-order valence-corrected chi connectivity index (χ3v) is 3.61. The van der Waals surface area contributed by atoms with E-state index in [-0.39, 0.29) is 30.5 Å². The summed E-state index contributed by atoms with van der Waals surface area (Å²) in [6.45, 7) is 3.62. The Morgan fingerprint density at radius 1 is 1.33 bits per heavy atom. The van der Waals surface area contributed by atoms with Crippen molar-refractivity contribution in [3.8, 4) is 5.75 Å². The minimum Gasteiger partial charge on any atom is -0.488 e. The molecular formula is C17H20F2N2O3. The molecule has 0 saturated carbocycles. The van der Waals surface area contributed by atoms with Crippen molar-refractivity contribution in [1.29, 1.82) is 0 Å². The molecule has 0 unspecified atom stereocenters. The molecule has 1 aromatic carbocycles. The van der Waals surface area contributed by atoms with Crippen molar-refractivity contribution < 1.29 is 22.7 Å². The number of hydrogen-bond donors (Lipinski definition) is 1. The molecule has 7 heteroatoms. The van der Waals surface area contributed by atoms with Gasteiger partial charge in [0.15, 0.2) is 11.6 Å². The molecule has 0 fully saturated rings. The van der Waals surface area contributed by atoms with E-state index in [1.165, 1.54) is 11.0 Å². The Labute approximate surface area is 139 Å². The maximum atomic E-state index is 13.5. The summed E-state index contributed by atoms with van der Waals surface area (Å²) < 4.78 is 36.9. The highest BCUT2D eigenvalue weighted by atomic mass is 19.1. The van der Waals surface area contributed by atoms with Crippen molar-refractivity contribution in [2.24, 2.45) is 0 Å². The molecule has 2 aromatic rings. The third-order valence-electron chi connectivity index (χ3n) is 3.61. The predicted octanol–water partition coefficient (Wildman–Crippen LogP) is 3.73. The molecule has 2 rings (SSSR count). The summed E-state index contributed by atoms with van der Waals surface area (Å²) in [6.07, 6.45) is 1.55. The van der Waals surface area contributed by atoms with Crippen LogP contribution in [0.1, 0.15) is 25.6 Å². The van der Waals surface area contributed by atoms with Gasteiger partial charge in [0.2, 0.25) is 0 Å². The molecule has 1 aromatic heterocycles. The number of hydrogen-bond acceptors (Lipinski definition) is 3. The van der Waals surface area contributed by atoms with Gasteiger partial charge in [-0.05, 0) is 38.1 Å². The molecular weight excluding hydrogens is 318 g/mol. The lowest BCUT2D eigenvalue weighted by Gasteiger charge is -2.25. The normalized spacial score (nSPS) is 13.2. The SMILES string of the molecule is C[C@@H](COc1ccc(F)cc1F)NC(=O)N(C)[C@@H](C)c1ccco1. The average molecular weight is 338 g/mol. The first-order chi connectivity index (χ1) is 11.4. The number of furan rings is 1. The number of carbonyl (C=O) groups is 1. The van der Waals surface area contributed by atoms with Gasteiger partial charge in [-0.25, -0.2) is 13.6 Å². The average Bonchev–Trinajstić information content (AvgIpc) is 3.07. The molecule has 0 aliphatic carbocycles. The summed E-state index contributed by atoms with van der Waals surface area (Å²) in [5, 5.41) is 2.75. The maximum Gasteiger partial charge on any atom is 0.318 e. The second-order valence-corrected chi connectivity index (χ2v) is 5.54. The van der Waals surface area contributed by atoms with Gasteiger partial charge in [0.1, 0.15) is 18.2 Å². The molecule has 24 heavy (non-hydrogen) atoms. The van der Waals surface area contributed by atoms with Crippen molar-refractivity contribution in [1.82, 2.24) is 10.2 Å². The van der Waals surface area contributed by atoms with Gasteiger partial charge in [-0.3, -0.25) is 0 Å². The lowest BCUT2D eigenvalue weighted by molar-refractivity contribution is 0.177. The first kappa shape index (κ1) is 17.8. The minimum atomic E-state index is -0.780. The molecule has 0 aliphatic rings. The highest BCUT2D eigenvalue weighted by Crippen LogP contribution is 2.19. The molecule has 0 aliphatic heterocycles. The van der Waals surface area contributed by atoms with Crippen molar-refractivity contribution in [3.05, 3.63) is 54.0 Å². The zero-order chi connectivity index (χ0) is 17.7. The second-order valence-electron chi connectivity index (χ2n) is 5.54. The van der Waals surface area contributed by atoms with E-state index in [1.807, 2.05) is 6.92 Å². The molecule has 5 nitrogen and oxygen atoms in total. The highest BCUT2D eigenvalue weighted by molar-refractivity contribution is 5.74. The van der Waals surface area contributed by atoms with Crippen molar-refractivity contribution in [2.75, 3.05) is 13.7 Å². The number of nitrogens with one attached hydrogen (secondary N) is 1. The number of ether oxygens (including phenoxy) is 1. The van der Waals surface area contributed by atoms with Crippen molar-refractivity contribution in [3.63, 3.8) is 0 Å². The van der Waals surface area contributed by atoms with Gasteiger partial charge in [0.25, 0.3) is 0 Å². The van der Waals surface area contributed by atoms with E-state index in [2.05, 4.69) is 5.32 Å². The summed E-state index contributed by atoms with van der Waals surface area (Å²) in [4.78, 5) is 13.7. The van der Waals surface area contributed by atoms with Crippen LogP contribution < -0.4 is 10.1 Å². The van der Waals surface area contributed by atoms with Crippen molar-refractivity contribution >= 4 is 6.03 Å². The Morgan fingerprint density at radius 3 is 2.71 bits per heavy atom. The smallest absolute Gasteiger partial charge is 0.318 e. The van der Waals surface area contributed by atoms with Gasteiger partial charge in [0, 0.05) is 13.1 Å². The van der Waals surface area contributed by atoms with E-state index in [9.17, 15) is 13.6 Å². The largest absolute Gasteiger partial charge is 0.488 e. The standard InChI is InChI=1S/C17H20F2N2O3/c1-11(10-24-16-7-6-13(18)9-14(16)19)20-17(22)21(3)12(2)15-5-4-8-23-15/h4-9,11-12H,10H2,1-3H3,(H,20,22)/t11-,12-/m0/s1. The Hall–Kier alpha value is -2.57. The van der Waals surface area contributed by atoms with Crippen LogP contribution in [-0.2, 0) is 0 Å². The van der Waals surface area contributed by atoms with Crippen LogP contribution in [0.4, 0.5) is 13.6 Å². The second kappa shape index (κ2) is 7.81. The summed E-state index contributed by atoms with van der Waals surface area (Å²) in [5.41, 5.74) is 0. The van der Waals surface area contributed by atoms with Crippen LogP contribution >= 0.6 is 0 Å². The van der Waals surface area contributed by atoms with Gasteiger partial charge in [0.05, 0.1) is 18.3 Å². The van der Waals surface area contributed by atoms with E-state index < -0.39 is 11.6 Å². The van der Waals surface area contributed by atoms with Crippen LogP contribution in [0, 0.1) is 11.6 Å². The molecule has 1 N–H and O–H groups in total. The number of amides is 2. The fourth-order valence-electron chi connectivity index (χ4n) is 2.06. The number of carbonyl (C=O) groups excluding carboxylic acids is 1. The lowest BCUT2D eigenvalue weighted by Crippen LogP contribution is -2.44. The molecule has 2 amide bonds. The Kier molecular flexibility index (Phi) is 5.78. The molecule has 0 saturated heterocycles. The fraction of sp³-hybridized carbons (Fsp3) is 0.353. The molecule has 0 spiro atoms. The van der Waals surface area contributed by atoms with Gasteiger partial charge in [-0.15, -0.1) is 0 Å². The monoisotopic (exact) mass is 338 g/mol. The molecule has 0 bridgehead atoms. The topological polar surface area (TPSA) is 54.7 Å². The Balaban J connectivity index is 1.85. The summed E-state index contributed by atoms with van der Waals surface area (Å²) in [7, 11) is 1.65. The summed E-state index contributed by atoms with van der Waals surface area (Å²) in [5.74, 6) is -0.841. The van der Waals surface area contributed by atoms with E-state index in [4.69, 9.17) is 9.15 Å². The van der Waals surface area contributed by atoms with Gasteiger partial charge >= 0.3 is 6.03 Å². The number of rotatable bonds is 6. The highest BCUT2D eigenvalue weighted by Gasteiger charge is 2.21. The predicted molar refractivity (Wildman–Crippen MR) is 84.7 cm³/mol. The number of benzene rings is 1. The zero-order valence-electron chi connectivity index (χ0n) is 13.8. The molecule has 0 radical (unpaired) electrons. The number of nitrogens with zero attached hydrogens (tertiary/aromatic N) is 1. The van der Waals surface area contributed by atoms with Gasteiger partial charge in [-0.1, -0.05) is 0 Å². The number of urea groups is 1. The van der Waals surface area contributed by atoms with Crippen LogP contribution in [0.3, 0.4) is 0 Å². The van der Waals surface area contributed by atoms with Crippen molar-refractivity contribution in [2.45, 2.75) is 25.9 Å².